The summed E-state index contributed by atoms with van der Waals surface area (Å²) in [5, 5.41) is 9.30. The van der Waals surface area contributed by atoms with E-state index in [4.69, 9.17) is 9.57 Å². The highest BCUT2D eigenvalue weighted by Crippen LogP contribution is 2.31. The molecule has 2 aromatic carbocycles. The molecule has 0 bridgehead atoms. The number of carbonyl (C=O) groups excluding carboxylic acids is 2. The molecule has 11 heteroatoms. The summed E-state index contributed by atoms with van der Waals surface area (Å²) in [4.78, 5) is 37.9. The lowest BCUT2D eigenvalue weighted by Gasteiger charge is -2.14. The minimum absolute atomic E-state index is 0.0284. The van der Waals surface area contributed by atoms with Gasteiger partial charge in [0.25, 0.3) is 11.8 Å². The molecule has 1 atom stereocenters. The van der Waals surface area contributed by atoms with Crippen LogP contribution in [-0.4, -0.2) is 58.2 Å². The number of hydrogen-bond donors (Lipinski definition) is 2. The van der Waals surface area contributed by atoms with E-state index in [1.165, 1.54) is 25.4 Å². The number of carbonyl (C=O) groups is 2. The molecule has 0 saturated heterocycles. The maximum absolute atomic E-state index is 14.5. The third-order valence-electron chi connectivity index (χ3n) is 5.82. The number of aromatic nitrogens is 3. The molecule has 1 unspecified atom stereocenters. The Morgan fingerprint density at radius 1 is 1.19 bits per heavy atom. The molecule has 1 aliphatic rings. The minimum atomic E-state index is -0.619. The van der Waals surface area contributed by atoms with Gasteiger partial charge in [-0.3, -0.25) is 14.0 Å². The van der Waals surface area contributed by atoms with Gasteiger partial charge in [-0.1, -0.05) is 29.4 Å². The summed E-state index contributed by atoms with van der Waals surface area (Å²) in [6.45, 7) is 0.433. The lowest BCUT2D eigenvalue weighted by molar-refractivity contribution is 0.0472. The predicted molar refractivity (Wildman–Crippen MR) is 133 cm³/mol. The van der Waals surface area contributed by atoms with E-state index < -0.39 is 11.7 Å². The van der Waals surface area contributed by atoms with Crippen LogP contribution in [-0.2, 0) is 4.84 Å². The molecule has 3 heterocycles. The summed E-state index contributed by atoms with van der Waals surface area (Å²) in [5.74, 6) is -0.335. The molecule has 1 aliphatic heterocycles. The molecule has 37 heavy (non-hydrogen) atoms. The normalized spacial score (nSPS) is 14.6. The van der Waals surface area contributed by atoms with E-state index in [0.717, 1.165) is 0 Å². The molecular formula is C26H23FN6O4. The van der Waals surface area contributed by atoms with E-state index in [2.05, 4.69) is 25.8 Å². The Balaban J connectivity index is 1.16. The van der Waals surface area contributed by atoms with Crippen molar-refractivity contribution in [1.82, 2.24) is 25.0 Å². The first-order chi connectivity index (χ1) is 18.0. The Morgan fingerprint density at radius 3 is 2.89 bits per heavy atom. The molecule has 0 radical (unpaired) electrons. The van der Waals surface area contributed by atoms with Crippen LogP contribution in [0.15, 0.2) is 72.4 Å². The average molecular weight is 503 g/mol. The summed E-state index contributed by atoms with van der Waals surface area (Å²) in [5.41, 5.74) is 2.32. The summed E-state index contributed by atoms with van der Waals surface area (Å²) in [6, 6.07) is 11.7. The van der Waals surface area contributed by atoms with Gasteiger partial charge >= 0.3 is 0 Å². The molecule has 188 valence electrons. The quantitative estimate of drug-likeness (QED) is 0.383. The van der Waals surface area contributed by atoms with Crippen LogP contribution in [0.4, 0.5) is 4.39 Å². The lowest BCUT2D eigenvalue weighted by Crippen LogP contribution is -2.30. The third-order valence-corrected chi connectivity index (χ3v) is 5.82. The van der Waals surface area contributed by atoms with Crippen LogP contribution in [0.1, 0.15) is 27.1 Å². The lowest BCUT2D eigenvalue weighted by atomic mass is 10.0. The molecule has 10 nitrogen and oxygen atoms in total. The third kappa shape index (κ3) is 5.25. The first-order valence-corrected chi connectivity index (χ1v) is 11.5. The van der Waals surface area contributed by atoms with Gasteiger partial charge in [0.1, 0.15) is 18.2 Å². The maximum atomic E-state index is 14.5. The standard InChI is InChI=1S/C26H23FN6O4/c1-28-25(35)21-7-6-16(10-22(21)27)20-4-2-3-5-23(20)36-15-19-11-18(32-37-19)13-30-24(34)17-12-31-26-29-8-9-33(26)14-17/h2-10,12,14,19H,11,13,15H2,1H3,(H,28,35)(H,30,34). The van der Waals surface area contributed by atoms with Gasteiger partial charge < -0.3 is 20.2 Å². The Hall–Kier alpha value is -4.80. The van der Waals surface area contributed by atoms with Crippen LogP contribution in [0.2, 0.25) is 0 Å². The largest absolute Gasteiger partial charge is 0.489 e. The topological polar surface area (TPSA) is 119 Å². The van der Waals surface area contributed by atoms with Crippen LogP contribution < -0.4 is 15.4 Å². The number of nitrogens with one attached hydrogen (secondary N) is 2. The van der Waals surface area contributed by atoms with E-state index in [1.807, 2.05) is 18.2 Å². The van der Waals surface area contributed by atoms with Crippen molar-refractivity contribution < 1.29 is 23.6 Å². The van der Waals surface area contributed by atoms with E-state index >= 15 is 0 Å². The number of amides is 2. The maximum Gasteiger partial charge on any atom is 0.254 e. The number of oxime groups is 1. The molecule has 0 aliphatic carbocycles. The number of benzene rings is 2. The van der Waals surface area contributed by atoms with Gasteiger partial charge in [0.2, 0.25) is 5.78 Å². The number of hydrogen-bond acceptors (Lipinski definition) is 7. The van der Waals surface area contributed by atoms with E-state index in [1.54, 1.807) is 35.1 Å². The van der Waals surface area contributed by atoms with Crippen LogP contribution in [0.25, 0.3) is 16.9 Å². The number of para-hydroxylation sites is 1. The zero-order valence-corrected chi connectivity index (χ0v) is 19.8. The molecule has 0 spiro atoms. The molecule has 0 fully saturated rings. The monoisotopic (exact) mass is 502 g/mol. The molecular weight excluding hydrogens is 479 g/mol. The van der Waals surface area contributed by atoms with Crippen LogP contribution >= 0.6 is 0 Å². The zero-order valence-electron chi connectivity index (χ0n) is 19.8. The van der Waals surface area contributed by atoms with Crippen molar-refractivity contribution in [2.45, 2.75) is 12.5 Å². The van der Waals surface area contributed by atoms with Crippen molar-refractivity contribution in [3.8, 4) is 16.9 Å². The van der Waals surface area contributed by atoms with Crippen molar-refractivity contribution in [2.75, 3.05) is 20.2 Å². The minimum Gasteiger partial charge on any atom is -0.489 e. The first-order valence-electron chi connectivity index (χ1n) is 11.5. The van der Waals surface area contributed by atoms with Gasteiger partial charge in [0.15, 0.2) is 6.10 Å². The zero-order chi connectivity index (χ0) is 25.8. The number of fused-ring (bicyclic) bond motifs is 1. The number of nitrogens with zero attached hydrogens (tertiary/aromatic N) is 4. The Labute approximate surface area is 211 Å². The van der Waals surface area contributed by atoms with E-state index in [-0.39, 0.29) is 30.7 Å². The second-order valence-electron chi connectivity index (χ2n) is 8.33. The highest BCUT2D eigenvalue weighted by molar-refractivity contribution is 5.97. The van der Waals surface area contributed by atoms with Crippen molar-refractivity contribution >= 4 is 23.3 Å². The summed E-state index contributed by atoms with van der Waals surface area (Å²) in [7, 11) is 1.45. The van der Waals surface area contributed by atoms with Gasteiger partial charge in [-0.25, -0.2) is 14.4 Å². The molecule has 2 aromatic heterocycles. The summed E-state index contributed by atoms with van der Waals surface area (Å²) < 4.78 is 22.2. The SMILES string of the molecule is CNC(=O)c1ccc(-c2ccccc2OCC2CC(CNC(=O)c3cnc4nccn4c3)=NO2)cc1F. The smallest absolute Gasteiger partial charge is 0.254 e. The number of halogens is 1. The fourth-order valence-corrected chi connectivity index (χ4v) is 3.91. The molecule has 2 N–H and O–H groups in total. The van der Waals surface area contributed by atoms with Crippen LogP contribution in [0.5, 0.6) is 5.75 Å². The highest BCUT2D eigenvalue weighted by atomic mass is 19.1. The number of ether oxygens (including phenoxy) is 1. The predicted octanol–water partition coefficient (Wildman–Crippen LogP) is 2.85. The Kier molecular flexibility index (Phi) is 6.75. The second-order valence-corrected chi connectivity index (χ2v) is 8.33. The van der Waals surface area contributed by atoms with Gasteiger partial charge in [-0.2, -0.15) is 0 Å². The first kappa shape index (κ1) is 23.9. The molecule has 2 amide bonds. The number of imidazole rings is 1. The van der Waals surface area contributed by atoms with Crippen molar-refractivity contribution in [1.29, 1.82) is 0 Å². The van der Waals surface area contributed by atoms with Crippen LogP contribution in [0, 0.1) is 5.82 Å². The van der Waals surface area contributed by atoms with Crippen LogP contribution in [0.3, 0.4) is 0 Å². The van der Waals surface area contributed by atoms with Crippen molar-refractivity contribution in [2.24, 2.45) is 5.16 Å². The molecule has 5 rings (SSSR count). The fourth-order valence-electron chi connectivity index (χ4n) is 3.91. The molecule has 0 saturated carbocycles. The van der Waals surface area contributed by atoms with E-state index in [9.17, 15) is 14.0 Å². The Bertz CT molecular complexity index is 1500. The second kappa shape index (κ2) is 10.4. The highest BCUT2D eigenvalue weighted by Gasteiger charge is 2.23. The molecule has 4 aromatic rings. The van der Waals surface area contributed by atoms with Gasteiger partial charge in [0, 0.05) is 43.8 Å². The average Bonchev–Trinajstić information content (AvgIpc) is 3.59. The van der Waals surface area contributed by atoms with Gasteiger partial charge in [0.05, 0.1) is 23.4 Å². The van der Waals surface area contributed by atoms with Gasteiger partial charge in [-0.05, 0) is 23.8 Å². The summed E-state index contributed by atoms with van der Waals surface area (Å²) in [6.07, 6.45) is 6.59. The van der Waals surface area contributed by atoms with Gasteiger partial charge in [-0.15, -0.1) is 0 Å². The van der Waals surface area contributed by atoms with Crippen molar-refractivity contribution in [3.63, 3.8) is 0 Å². The summed E-state index contributed by atoms with van der Waals surface area (Å²) >= 11 is 0. The van der Waals surface area contributed by atoms with E-state index in [0.29, 0.717) is 40.4 Å². The number of rotatable bonds is 8. The Morgan fingerprint density at radius 2 is 2.05 bits per heavy atom. The van der Waals surface area contributed by atoms with Crippen molar-refractivity contribution in [3.05, 3.63) is 84.2 Å². The fraction of sp³-hybridized carbons (Fsp3) is 0.192.